The molecule has 1 saturated carbocycles. The van der Waals surface area contributed by atoms with Crippen molar-refractivity contribution in [2.75, 3.05) is 33.0 Å². The Morgan fingerprint density at radius 1 is 0.639 bits per heavy atom. The van der Waals surface area contributed by atoms with Crippen molar-refractivity contribution in [3.63, 3.8) is 0 Å². The number of rotatable bonds is 7. The van der Waals surface area contributed by atoms with Crippen molar-refractivity contribution in [1.82, 2.24) is 0 Å². The Hall–Kier alpha value is -1.95. The van der Waals surface area contributed by atoms with Crippen molar-refractivity contribution < 1.29 is 52.3 Å². The molecule has 5 aliphatic rings. The van der Waals surface area contributed by atoms with Gasteiger partial charge in [0.2, 0.25) is 0 Å². The highest BCUT2D eigenvalue weighted by molar-refractivity contribution is 5.75. The molecule has 0 aromatic heterocycles. The van der Waals surface area contributed by atoms with Gasteiger partial charge in [0.25, 0.3) is 0 Å². The van der Waals surface area contributed by atoms with Crippen LogP contribution in [-0.4, -0.2) is 93.9 Å². The maximum Gasteiger partial charge on any atom is 0.509 e. The van der Waals surface area contributed by atoms with Crippen molar-refractivity contribution in [3.8, 4) is 0 Å². The Kier molecular flexibility index (Phi) is 7.99. The second-order valence-corrected chi connectivity index (χ2v) is 10.2. The third kappa shape index (κ3) is 5.20. The van der Waals surface area contributed by atoms with E-state index in [1.165, 1.54) is 0 Å². The minimum absolute atomic E-state index is 0.0548. The second-order valence-electron chi connectivity index (χ2n) is 10.2. The third-order valence-corrected chi connectivity index (χ3v) is 8.04. The van der Waals surface area contributed by atoms with Gasteiger partial charge in [0.05, 0.1) is 51.0 Å². The molecule has 8 unspecified atom stereocenters. The molecule has 0 aromatic carbocycles. The standard InChI is InChI=1S/C25H36O11/c1-3-13-9-30-20-17(11-31-19(13)20)35-25(28)36-18-12-33-21-16(10-32-22(18)21)34-24(27)15-7-5-14(6-8-15)23(26)29-4-2/h13-22H,3-12H2,1-2H3. The zero-order valence-corrected chi connectivity index (χ0v) is 20.8. The number of ether oxygens (including phenoxy) is 8. The van der Waals surface area contributed by atoms with Crippen molar-refractivity contribution in [2.45, 2.75) is 88.7 Å². The number of fused-ring (bicyclic) bond motifs is 2. The van der Waals surface area contributed by atoms with Crippen LogP contribution in [0.5, 0.6) is 0 Å². The Bertz CT molecular complexity index is 810. The van der Waals surface area contributed by atoms with Gasteiger partial charge in [-0.2, -0.15) is 0 Å². The molecular weight excluding hydrogens is 476 g/mol. The van der Waals surface area contributed by atoms with Crippen molar-refractivity contribution in [2.24, 2.45) is 17.8 Å². The molecule has 0 amide bonds. The van der Waals surface area contributed by atoms with Gasteiger partial charge in [-0.15, -0.1) is 0 Å². The van der Waals surface area contributed by atoms with Crippen LogP contribution >= 0.6 is 0 Å². The summed E-state index contributed by atoms with van der Waals surface area (Å²) in [5.41, 5.74) is 0. The summed E-state index contributed by atoms with van der Waals surface area (Å²) in [6.07, 6.45) is -0.590. The zero-order chi connectivity index (χ0) is 25.2. The van der Waals surface area contributed by atoms with Crippen LogP contribution in [-0.2, 0) is 47.5 Å². The van der Waals surface area contributed by atoms with Gasteiger partial charge in [0.15, 0.2) is 18.3 Å². The zero-order valence-electron chi connectivity index (χ0n) is 20.8. The van der Waals surface area contributed by atoms with Gasteiger partial charge in [-0.05, 0) is 39.0 Å². The van der Waals surface area contributed by atoms with Crippen LogP contribution in [0.4, 0.5) is 4.79 Å². The average molecular weight is 513 g/mol. The van der Waals surface area contributed by atoms with E-state index >= 15 is 0 Å². The van der Waals surface area contributed by atoms with Crippen LogP contribution in [0, 0.1) is 17.8 Å². The van der Waals surface area contributed by atoms with Gasteiger partial charge in [0.1, 0.15) is 18.3 Å². The molecule has 202 valence electrons. The number of carbonyl (C=O) groups excluding carboxylic acids is 3. The number of hydrogen-bond donors (Lipinski definition) is 0. The smallest absolute Gasteiger partial charge is 0.466 e. The number of hydrogen-bond acceptors (Lipinski definition) is 11. The van der Waals surface area contributed by atoms with E-state index in [2.05, 4.69) is 6.92 Å². The molecule has 0 bridgehead atoms. The number of esters is 2. The predicted molar refractivity (Wildman–Crippen MR) is 120 cm³/mol. The topological polar surface area (TPSA) is 125 Å². The van der Waals surface area contributed by atoms with E-state index in [9.17, 15) is 14.4 Å². The fourth-order valence-corrected chi connectivity index (χ4v) is 5.97. The third-order valence-electron chi connectivity index (χ3n) is 8.04. The van der Waals surface area contributed by atoms with Crippen molar-refractivity contribution >= 4 is 18.1 Å². The molecule has 0 spiro atoms. The lowest BCUT2D eigenvalue weighted by atomic mass is 9.82. The summed E-state index contributed by atoms with van der Waals surface area (Å²) in [5.74, 6) is -0.611. The van der Waals surface area contributed by atoms with E-state index in [1.54, 1.807) is 6.92 Å². The molecule has 0 aromatic rings. The van der Waals surface area contributed by atoms with E-state index in [4.69, 9.17) is 37.9 Å². The van der Waals surface area contributed by atoms with Crippen molar-refractivity contribution in [1.29, 1.82) is 0 Å². The summed E-state index contributed by atoms with van der Waals surface area (Å²) in [4.78, 5) is 37.2. The minimum atomic E-state index is -0.815. The molecule has 11 nitrogen and oxygen atoms in total. The molecule has 8 atom stereocenters. The van der Waals surface area contributed by atoms with Gasteiger partial charge >= 0.3 is 18.1 Å². The van der Waals surface area contributed by atoms with E-state index in [-0.39, 0.29) is 55.8 Å². The first-order valence-electron chi connectivity index (χ1n) is 13.2. The lowest BCUT2D eigenvalue weighted by Gasteiger charge is -2.27. The first-order valence-corrected chi connectivity index (χ1v) is 13.2. The van der Waals surface area contributed by atoms with Gasteiger partial charge in [-0.25, -0.2) is 4.79 Å². The van der Waals surface area contributed by atoms with Gasteiger partial charge < -0.3 is 37.9 Å². The normalized spacial score (nSPS) is 41.4. The lowest BCUT2D eigenvalue weighted by Crippen LogP contribution is -2.38. The Morgan fingerprint density at radius 3 is 1.67 bits per heavy atom. The highest BCUT2D eigenvalue weighted by Gasteiger charge is 2.53. The van der Waals surface area contributed by atoms with Crippen LogP contribution in [0.3, 0.4) is 0 Å². The SMILES string of the molecule is CCOC(=O)C1CCC(C(=O)OC2COC3C(OC(=O)OC4COC5C(CC)COC45)COC23)CC1. The highest BCUT2D eigenvalue weighted by Crippen LogP contribution is 2.36. The Labute approximate surface area is 210 Å². The molecular formula is C25H36O11. The molecule has 11 heteroatoms. The number of carbonyl (C=O) groups is 3. The highest BCUT2D eigenvalue weighted by atomic mass is 16.8. The largest absolute Gasteiger partial charge is 0.509 e. The quantitative estimate of drug-likeness (QED) is 0.366. The molecule has 36 heavy (non-hydrogen) atoms. The maximum absolute atomic E-state index is 12.8. The molecule has 4 heterocycles. The second kappa shape index (κ2) is 11.2. The van der Waals surface area contributed by atoms with Gasteiger partial charge in [-0.1, -0.05) is 6.92 Å². The predicted octanol–water partition coefficient (Wildman–Crippen LogP) is 1.78. The summed E-state index contributed by atoms with van der Waals surface area (Å²) < 4.78 is 45.0. The van der Waals surface area contributed by atoms with E-state index in [0.717, 1.165) is 6.42 Å². The van der Waals surface area contributed by atoms with Crippen molar-refractivity contribution in [3.05, 3.63) is 0 Å². The lowest BCUT2D eigenvalue weighted by molar-refractivity contribution is -0.162. The van der Waals surface area contributed by atoms with Crippen LogP contribution in [0.25, 0.3) is 0 Å². The minimum Gasteiger partial charge on any atom is -0.466 e. The van der Waals surface area contributed by atoms with Gasteiger partial charge in [0, 0.05) is 5.92 Å². The summed E-state index contributed by atoms with van der Waals surface area (Å²) >= 11 is 0. The molecule has 0 radical (unpaired) electrons. The first kappa shape index (κ1) is 25.7. The van der Waals surface area contributed by atoms with E-state index < -0.39 is 36.7 Å². The monoisotopic (exact) mass is 512 g/mol. The fraction of sp³-hybridized carbons (Fsp3) is 0.880. The molecule has 0 N–H and O–H groups in total. The van der Waals surface area contributed by atoms with Crippen LogP contribution in [0.15, 0.2) is 0 Å². The summed E-state index contributed by atoms with van der Waals surface area (Å²) in [6.45, 7) is 5.41. The van der Waals surface area contributed by atoms with Crippen LogP contribution < -0.4 is 0 Å². The molecule has 5 fully saturated rings. The molecule has 1 aliphatic carbocycles. The summed E-state index contributed by atoms with van der Waals surface area (Å²) in [7, 11) is 0. The summed E-state index contributed by atoms with van der Waals surface area (Å²) in [5, 5.41) is 0. The molecule has 5 rings (SSSR count). The van der Waals surface area contributed by atoms with Crippen LogP contribution in [0.1, 0.15) is 46.0 Å². The van der Waals surface area contributed by atoms with Gasteiger partial charge in [-0.3, -0.25) is 9.59 Å². The average Bonchev–Trinajstić information content (AvgIpc) is 3.64. The summed E-state index contributed by atoms with van der Waals surface area (Å²) in [6, 6.07) is 0. The first-order chi connectivity index (χ1) is 17.5. The molecule has 4 aliphatic heterocycles. The Balaban J connectivity index is 1.06. The molecule has 4 saturated heterocycles. The van der Waals surface area contributed by atoms with E-state index in [0.29, 0.717) is 44.8 Å². The Morgan fingerprint density at radius 2 is 1.11 bits per heavy atom. The van der Waals surface area contributed by atoms with E-state index in [1.807, 2.05) is 0 Å². The maximum atomic E-state index is 12.8. The van der Waals surface area contributed by atoms with Crippen LogP contribution in [0.2, 0.25) is 0 Å². The fourth-order valence-electron chi connectivity index (χ4n) is 5.97.